The standard InChI is InChI=1S/C33H48F3N3O5S/c1-30(2,3)25-18-23(12-13-27(25)45(42,43)38-31(4,5)6)26-19-24(29(40)37-21-32(41)14-16-44-17-15-32)28(33(34,35)36)39(26)20-22-10-8-7-9-11-22/h12-13,18-19,22,38,41H,7-11,14-17,20-21H2,1-6H3,(H,37,40). The molecule has 0 atom stereocenters. The second kappa shape index (κ2) is 13.0. The summed E-state index contributed by atoms with van der Waals surface area (Å²) in [5.41, 5.74) is -3.21. The van der Waals surface area contributed by atoms with Crippen molar-refractivity contribution in [3.8, 4) is 11.3 Å². The van der Waals surface area contributed by atoms with Crippen molar-refractivity contribution in [2.24, 2.45) is 5.92 Å². The number of rotatable bonds is 8. The molecule has 8 nitrogen and oxygen atoms in total. The fourth-order valence-corrected chi connectivity index (χ4v) is 8.14. The third-order valence-corrected chi connectivity index (χ3v) is 10.4. The van der Waals surface area contributed by atoms with Crippen LogP contribution in [0.3, 0.4) is 0 Å². The number of benzene rings is 1. The molecule has 12 heteroatoms. The van der Waals surface area contributed by atoms with Gasteiger partial charge in [0.05, 0.1) is 16.1 Å². The van der Waals surface area contributed by atoms with Gasteiger partial charge in [-0.15, -0.1) is 0 Å². The Morgan fingerprint density at radius 1 is 1.02 bits per heavy atom. The summed E-state index contributed by atoms with van der Waals surface area (Å²) in [5, 5.41) is 13.4. The summed E-state index contributed by atoms with van der Waals surface area (Å²) in [6.07, 6.45) is 0.158. The first kappa shape index (κ1) is 35.4. The Kier molecular flexibility index (Phi) is 10.2. The molecule has 4 rings (SSSR count). The van der Waals surface area contributed by atoms with E-state index >= 15 is 0 Å². The number of nitrogens with zero attached hydrogens (tertiary/aromatic N) is 1. The van der Waals surface area contributed by atoms with Gasteiger partial charge in [-0.2, -0.15) is 13.2 Å². The maximum Gasteiger partial charge on any atom is 0.432 e. The van der Waals surface area contributed by atoms with Crippen LogP contribution in [0.1, 0.15) is 108 Å². The Hall–Kier alpha value is -2.41. The fraction of sp³-hybridized carbons (Fsp3) is 0.667. The molecule has 1 aromatic heterocycles. The molecule has 2 aromatic rings. The zero-order valence-corrected chi connectivity index (χ0v) is 28.1. The number of carbonyl (C=O) groups excluding carboxylic acids is 1. The van der Waals surface area contributed by atoms with E-state index in [2.05, 4.69) is 10.0 Å². The highest BCUT2D eigenvalue weighted by molar-refractivity contribution is 7.89. The number of carbonyl (C=O) groups is 1. The number of hydrogen-bond donors (Lipinski definition) is 3. The van der Waals surface area contributed by atoms with Crippen LogP contribution in [-0.4, -0.2) is 54.9 Å². The molecule has 2 heterocycles. The Morgan fingerprint density at radius 2 is 1.64 bits per heavy atom. The van der Waals surface area contributed by atoms with Gasteiger partial charge in [0, 0.05) is 50.4 Å². The summed E-state index contributed by atoms with van der Waals surface area (Å²) in [6, 6.07) is 5.86. The van der Waals surface area contributed by atoms with Crippen molar-refractivity contribution >= 4 is 15.9 Å². The molecule has 3 N–H and O–H groups in total. The molecule has 252 valence electrons. The summed E-state index contributed by atoms with van der Waals surface area (Å²) >= 11 is 0. The normalized spacial score (nSPS) is 18.6. The fourth-order valence-electron chi connectivity index (χ4n) is 6.32. The zero-order valence-electron chi connectivity index (χ0n) is 27.2. The van der Waals surface area contributed by atoms with Crippen molar-refractivity contribution in [3.05, 3.63) is 41.1 Å². The minimum Gasteiger partial charge on any atom is -0.388 e. The van der Waals surface area contributed by atoms with E-state index in [1.54, 1.807) is 26.8 Å². The molecular formula is C33H48F3N3O5S. The van der Waals surface area contributed by atoms with Gasteiger partial charge in [0.25, 0.3) is 5.91 Å². The number of nitrogens with one attached hydrogen (secondary N) is 2. The molecule has 2 aliphatic rings. The molecule has 2 fully saturated rings. The van der Waals surface area contributed by atoms with Crippen LogP contribution in [0.5, 0.6) is 0 Å². The number of alkyl halides is 3. The minimum atomic E-state index is -4.85. The Morgan fingerprint density at radius 3 is 2.20 bits per heavy atom. The molecule has 1 aromatic carbocycles. The maximum atomic E-state index is 14.9. The van der Waals surface area contributed by atoms with Crippen molar-refractivity contribution in [2.75, 3.05) is 19.8 Å². The van der Waals surface area contributed by atoms with Crippen molar-refractivity contribution < 1.29 is 36.2 Å². The zero-order chi connectivity index (χ0) is 33.4. The lowest BCUT2D eigenvalue weighted by Gasteiger charge is -2.32. The van der Waals surface area contributed by atoms with Gasteiger partial charge in [-0.25, -0.2) is 13.1 Å². The van der Waals surface area contributed by atoms with E-state index in [1.807, 2.05) is 20.8 Å². The number of hydrogen-bond acceptors (Lipinski definition) is 5. The lowest BCUT2D eigenvalue weighted by atomic mass is 9.85. The van der Waals surface area contributed by atoms with Crippen molar-refractivity contribution in [1.29, 1.82) is 0 Å². The average Bonchev–Trinajstić information content (AvgIpc) is 3.30. The summed E-state index contributed by atoms with van der Waals surface area (Å²) < 4.78 is 80.8. The molecule has 1 saturated heterocycles. The van der Waals surface area contributed by atoms with Crippen molar-refractivity contribution in [2.45, 2.75) is 121 Å². The van der Waals surface area contributed by atoms with E-state index in [0.29, 0.717) is 24.3 Å². The van der Waals surface area contributed by atoms with Crippen LogP contribution >= 0.6 is 0 Å². The molecular weight excluding hydrogens is 607 g/mol. The first-order valence-corrected chi connectivity index (χ1v) is 17.3. The molecule has 1 aliphatic carbocycles. The first-order valence-electron chi connectivity index (χ1n) is 15.8. The predicted octanol–water partition coefficient (Wildman–Crippen LogP) is 6.40. The highest BCUT2D eigenvalue weighted by Crippen LogP contribution is 2.41. The van der Waals surface area contributed by atoms with E-state index in [0.717, 1.165) is 32.1 Å². The predicted molar refractivity (Wildman–Crippen MR) is 168 cm³/mol. The van der Waals surface area contributed by atoms with Gasteiger partial charge in [0.2, 0.25) is 10.0 Å². The van der Waals surface area contributed by atoms with E-state index in [4.69, 9.17) is 4.74 Å². The van der Waals surface area contributed by atoms with Gasteiger partial charge < -0.3 is 19.7 Å². The van der Waals surface area contributed by atoms with Gasteiger partial charge in [0.1, 0.15) is 5.69 Å². The third-order valence-electron chi connectivity index (χ3n) is 8.59. The maximum absolute atomic E-state index is 14.9. The van der Waals surface area contributed by atoms with E-state index < -0.39 is 49.9 Å². The Bertz CT molecular complexity index is 1470. The molecule has 0 bridgehead atoms. The molecule has 0 spiro atoms. The molecule has 45 heavy (non-hydrogen) atoms. The van der Waals surface area contributed by atoms with Gasteiger partial charge >= 0.3 is 6.18 Å². The second-order valence-corrected chi connectivity index (χ2v) is 16.4. The van der Waals surface area contributed by atoms with Crippen LogP contribution in [-0.2, 0) is 32.9 Å². The number of amides is 1. The van der Waals surface area contributed by atoms with Crippen LogP contribution < -0.4 is 10.0 Å². The van der Waals surface area contributed by atoms with E-state index in [-0.39, 0.29) is 42.4 Å². The highest BCUT2D eigenvalue weighted by atomic mass is 32.2. The minimum absolute atomic E-state index is 0.00239. The number of aromatic nitrogens is 1. The topological polar surface area (TPSA) is 110 Å². The van der Waals surface area contributed by atoms with Crippen LogP contribution in [0, 0.1) is 5.92 Å². The third kappa shape index (κ3) is 8.69. The lowest BCUT2D eigenvalue weighted by molar-refractivity contribution is -0.144. The largest absolute Gasteiger partial charge is 0.432 e. The SMILES string of the molecule is CC(C)(C)NS(=O)(=O)c1ccc(-c2cc(C(=O)NCC3(O)CCOCC3)c(C(F)(F)F)n2CC2CCCCC2)cc1C(C)(C)C. The molecule has 1 amide bonds. The quantitative estimate of drug-likeness (QED) is 0.305. The Balaban J connectivity index is 1.86. The van der Waals surface area contributed by atoms with Gasteiger partial charge in [0.15, 0.2) is 0 Å². The summed E-state index contributed by atoms with van der Waals surface area (Å²) in [7, 11) is -3.96. The van der Waals surface area contributed by atoms with Gasteiger partial charge in [-0.3, -0.25) is 4.79 Å². The highest BCUT2D eigenvalue weighted by Gasteiger charge is 2.42. The average molecular weight is 656 g/mol. The molecule has 1 aliphatic heterocycles. The monoisotopic (exact) mass is 655 g/mol. The summed E-state index contributed by atoms with van der Waals surface area (Å²) in [6.45, 7) is 11.2. The van der Waals surface area contributed by atoms with Gasteiger partial charge in [-0.05, 0) is 74.3 Å². The number of aliphatic hydroxyl groups is 1. The number of sulfonamides is 1. The molecule has 0 unspecified atom stereocenters. The first-order chi connectivity index (χ1) is 20.7. The summed E-state index contributed by atoms with van der Waals surface area (Å²) in [5.74, 6) is -0.918. The Labute approximate surface area is 265 Å². The molecule has 0 radical (unpaired) electrons. The lowest BCUT2D eigenvalue weighted by Crippen LogP contribution is -2.46. The van der Waals surface area contributed by atoms with E-state index in [1.165, 1.54) is 22.8 Å². The van der Waals surface area contributed by atoms with Crippen LogP contribution in [0.25, 0.3) is 11.3 Å². The van der Waals surface area contributed by atoms with Crippen LogP contribution in [0.2, 0.25) is 0 Å². The second-order valence-electron chi connectivity index (χ2n) is 14.7. The van der Waals surface area contributed by atoms with Crippen molar-refractivity contribution in [1.82, 2.24) is 14.6 Å². The van der Waals surface area contributed by atoms with Crippen molar-refractivity contribution in [3.63, 3.8) is 0 Å². The van der Waals surface area contributed by atoms with Crippen LogP contribution in [0.4, 0.5) is 13.2 Å². The molecule has 1 saturated carbocycles. The van der Waals surface area contributed by atoms with Crippen LogP contribution in [0.15, 0.2) is 29.2 Å². The van der Waals surface area contributed by atoms with Gasteiger partial charge in [-0.1, -0.05) is 46.1 Å². The number of halogens is 3. The van der Waals surface area contributed by atoms with E-state index in [9.17, 15) is 31.5 Å². The number of ether oxygens (including phenoxy) is 1. The summed E-state index contributed by atoms with van der Waals surface area (Å²) in [4.78, 5) is 13.5. The smallest absolute Gasteiger partial charge is 0.388 e.